The third-order valence-electron chi connectivity index (χ3n) is 3.78. The first-order valence-electron chi connectivity index (χ1n) is 6.58. The van der Waals surface area contributed by atoms with Gasteiger partial charge in [0.15, 0.2) is 0 Å². The van der Waals surface area contributed by atoms with Crippen LogP contribution >= 0.6 is 0 Å². The lowest BCUT2D eigenvalue weighted by molar-refractivity contribution is 0.383. The maximum atomic E-state index is 4.38. The van der Waals surface area contributed by atoms with Crippen molar-refractivity contribution in [3.63, 3.8) is 0 Å². The van der Waals surface area contributed by atoms with Crippen LogP contribution in [-0.2, 0) is 6.42 Å². The zero-order valence-electron chi connectivity index (χ0n) is 11.4. The first kappa shape index (κ1) is 12.8. The van der Waals surface area contributed by atoms with E-state index in [1.54, 1.807) is 0 Å². The van der Waals surface area contributed by atoms with Gasteiger partial charge >= 0.3 is 0 Å². The molecule has 94 valence electrons. The van der Waals surface area contributed by atoms with E-state index in [-0.39, 0.29) is 5.41 Å². The molecular weight excluding hydrogens is 218 g/mol. The van der Waals surface area contributed by atoms with Gasteiger partial charge in [-0.15, -0.1) is 0 Å². The van der Waals surface area contributed by atoms with Crippen LogP contribution in [0.4, 0.5) is 0 Å². The molecule has 1 heteroatoms. The average Bonchev–Trinajstić information content (AvgIpc) is 2.54. The summed E-state index contributed by atoms with van der Waals surface area (Å²) in [7, 11) is 0. The molecule has 1 aromatic rings. The highest BCUT2D eigenvalue weighted by molar-refractivity contribution is 5.34. The molecule has 1 atom stereocenters. The van der Waals surface area contributed by atoms with Crippen molar-refractivity contribution in [2.45, 2.75) is 27.2 Å². The molecule has 1 nitrogen and oxygen atoms in total. The number of hydrogen-bond donors (Lipinski definition) is 0. The summed E-state index contributed by atoms with van der Waals surface area (Å²) in [5.41, 5.74) is 2.59. The third-order valence-corrected chi connectivity index (χ3v) is 3.78. The summed E-state index contributed by atoms with van der Waals surface area (Å²) in [5.74, 6) is 0.604. The van der Waals surface area contributed by atoms with E-state index in [2.05, 4.69) is 62.2 Å². The van der Waals surface area contributed by atoms with Crippen LogP contribution in [0.2, 0.25) is 0 Å². The molecular formula is C17H21N. The summed E-state index contributed by atoms with van der Waals surface area (Å²) in [6, 6.07) is 6.07. The van der Waals surface area contributed by atoms with E-state index >= 15 is 0 Å². The maximum absolute atomic E-state index is 4.38. The predicted octanol–water partition coefficient (Wildman–Crippen LogP) is 4.34. The summed E-state index contributed by atoms with van der Waals surface area (Å²) in [5, 5.41) is 0. The molecule has 1 aliphatic rings. The summed E-state index contributed by atoms with van der Waals surface area (Å²) >= 11 is 0. The van der Waals surface area contributed by atoms with Gasteiger partial charge in [-0.05, 0) is 23.6 Å². The third kappa shape index (κ3) is 2.98. The van der Waals surface area contributed by atoms with Crippen LogP contribution in [-0.4, -0.2) is 4.98 Å². The molecule has 0 bridgehead atoms. The molecule has 0 N–H and O–H groups in total. The highest BCUT2D eigenvalue weighted by atomic mass is 14.7. The highest BCUT2D eigenvalue weighted by Gasteiger charge is 2.22. The Kier molecular flexibility index (Phi) is 3.81. The summed E-state index contributed by atoms with van der Waals surface area (Å²) in [6.07, 6.45) is 14.0. The molecule has 0 saturated carbocycles. The Balaban J connectivity index is 2.14. The van der Waals surface area contributed by atoms with Gasteiger partial charge in [-0.1, -0.05) is 57.2 Å². The molecule has 0 radical (unpaired) electrons. The molecule has 2 rings (SSSR count). The summed E-state index contributed by atoms with van der Waals surface area (Å²) in [6.45, 7) is 6.80. The molecule has 1 unspecified atom stereocenters. The lowest BCUT2D eigenvalue weighted by Crippen LogP contribution is -2.17. The van der Waals surface area contributed by atoms with E-state index in [1.807, 2.05) is 18.3 Å². The van der Waals surface area contributed by atoms with E-state index in [0.29, 0.717) is 5.92 Å². The van der Waals surface area contributed by atoms with Crippen LogP contribution in [0.25, 0.3) is 0 Å². The molecule has 18 heavy (non-hydrogen) atoms. The quantitative estimate of drug-likeness (QED) is 0.764. The van der Waals surface area contributed by atoms with Crippen LogP contribution in [0.3, 0.4) is 0 Å². The second-order valence-electron chi connectivity index (χ2n) is 5.45. The van der Waals surface area contributed by atoms with E-state index in [1.165, 1.54) is 5.57 Å². The lowest BCUT2D eigenvalue weighted by Gasteiger charge is -2.26. The van der Waals surface area contributed by atoms with Gasteiger partial charge in [-0.3, -0.25) is 4.98 Å². The number of pyridine rings is 1. The van der Waals surface area contributed by atoms with Gasteiger partial charge in [-0.25, -0.2) is 0 Å². The molecule has 1 aromatic heterocycles. The fourth-order valence-electron chi connectivity index (χ4n) is 1.99. The Morgan fingerprint density at radius 1 is 1.22 bits per heavy atom. The molecule has 0 aromatic carbocycles. The van der Waals surface area contributed by atoms with Crippen molar-refractivity contribution in [3.8, 4) is 0 Å². The molecule has 1 aliphatic carbocycles. The molecule has 0 saturated heterocycles. The smallest absolute Gasteiger partial charge is 0.0447 e. The van der Waals surface area contributed by atoms with Crippen LogP contribution < -0.4 is 0 Å². The normalized spacial score (nSPS) is 23.0. The second kappa shape index (κ2) is 5.34. The number of hydrogen-bond acceptors (Lipinski definition) is 1. The molecule has 0 aliphatic heterocycles. The van der Waals surface area contributed by atoms with Gasteiger partial charge in [0.05, 0.1) is 0 Å². The number of allylic oxidation sites excluding steroid dienone is 6. The molecule has 0 spiro atoms. The van der Waals surface area contributed by atoms with Gasteiger partial charge in [-0.2, -0.15) is 0 Å². The minimum atomic E-state index is 0.155. The first-order valence-corrected chi connectivity index (χ1v) is 6.58. The fraction of sp³-hybridized carbons (Fsp3) is 0.353. The monoisotopic (exact) mass is 239 g/mol. The molecule has 1 heterocycles. The van der Waals surface area contributed by atoms with Crippen LogP contribution in [0.1, 0.15) is 26.5 Å². The van der Waals surface area contributed by atoms with E-state index in [4.69, 9.17) is 0 Å². The lowest BCUT2D eigenvalue weighted by atomic mass is 9.79. The van der Waals surface area contributed by atoms with Gasteiger partial charge in [0.2, 0.25) is 0 Å². The van der Waals surface area contributed by atoms with Crippen molar-refractivity contribution in [1.82, 2.24) is 4.98 Å². The Labute approximate surface area is 110 Å². The zero-order chi connectivity index (χ0) is 13.0. The Hall–Kier alpha value is -1.63. The van der Waals surface area contributed by atoms with Crippen molar-refractivity contribution < 1.29 is 0 Å². The average molecular weight is 239 g/mol. The first-order chi connectivity index (χ1) is 8.60. The number of nitrogens with zero attached hydrogens (tertiary/aromatic N) is 1. The number of aromatic nitrogens is 1. The number of rotatable bonds is 3. The Morgan fingerprint density at radius 2 is 2.06 bits per heavy atom. The van der Waals surface area contributed by atoms with E-state index < -0.39 is 0 Å². The zero-order valence-corrected chi connectivity index (χ0v) is 11.4. The minimum absolute atomic E-state index is 0.155. The Morgan fingerprint density at radius 3 is 2.72 bits per heavy atom. The van der Waals surface area contributed by atoms with Crippen molar-refractivity contribution in [2.75, 3.05) is 0 Å². The SMILES string of the molecule is CC(C)C1(C)C=CC=C(Cc2ccccn2)C=C1. The van der Waals surface area contributed by atoms with Gasteiger partial charge < -0.3 is 0 Å². The predicted molar refractivity (Wildman–Crippen MR) is 77.2 cm³/mol. The van der Waals surface area contributed by atoms with Crippen LogP contribution in [0.5, 0.6) is 0 Å². The van der Waals surface area contributed by atoms with Crippen molar-refractivity contribution in [2.24, 2.45) is 11.3 Å². The van der Waals surface area contributed by atoms with Gasteiger partial charge in [0, 0.05) is 23.7 Å². The van der Waals surface area contributed by atoms with Gasteiger partial charge in [0.25, 0.3) is 0 Å². The van der Waals surface area contributed by atoms with E-state index in [0.717, 1.165) is 12.1 Å². The van der Waals surface area contributed by atoms with Crippen molar-refractivity contribution >= 4 is 0 Å². The minimum Gasteiger partial charge on any atom is -0.261 e. The van der Waals surface area contributed by atoms with Crippen molar-refractivity contribution in [1.29, 1.82) is 0 Å². The standard InChI is InChI=1S/C17H21N/c1-14(2)17(3)10-6-7-15(9-11-17)13-16-8-4-5-12-18-16/h4-12,14H,13H2,1-3H3. The summed E-state index contributed by atoms with van der Waals surface area (Å²) in [4.78, 5) is 4.38. The largest absolute Gasteiger partial charge is 0.261 e. The van der Waals surface area contributed by atoms with Crippen LogP contribution in [0, 0.1) is 11.3 Å². The Bertz CT molecular complexity index is 480. The maximum Gasteiger partial charge on any atom is 0.0447 e. The molecule has 0 fully saturated rings. The second-order valence-corrected chi connectivity index (χ2v) is 5.45. The molecule has 0 amide bonds. The highest BCUT2D eigenvalue weighted by Crippen LogP contribution is 2.32. The van der Waals surface area contributed by atoms with Crippen LogP contribution in [0.15, 0.2) is 60.3 Å². The summed E-state index contributed by atoms with van der Waals surface area (Å²) < 4.78 is 0. The fourth-order valence-corrected chi connectivity index (χ4v) is 1.99. The van der Waals surface area contributed by atoms with E-state index in [9.17, 15) is 0 Å². The topological polar surface area (TPSA) is 12.9 Å². The van der Waals surface area contributed by atoms with Crippen molar-refractivity contribution in [3.05, 3.63) is 66.0 Å². The van der Waals surface area contributed by atoms with Gasteiger partial charge in [0.1, 0.15) is 0 Å².